The first-order chi connectivity index (χ1) is 10.3. The predicted octanol–water partition coefficient (Wildman–Crippen LogP) is 0.268. The smallest absolute Gasteiger partial charge is 0.405 e. The van der Waals surface area contributed by atoms with Crippen LogP contribution in [0.2, 0.25) is 0 Å². The Morgan fingerprint density at radius 1 is 1.41 bits per heavy atom. The number of amides is 1. The fourth-order valence-corrected chi connectivity index (χ4v) is 1.44. The third-order valence-corrected chi connectivity index (χ3v) is 2.43. The minimum absolute atomic E-state index is 0.161. The Kier molecular flexibility index (Phi) is 4.24. The minimum atomic E-state index is -4.54. The van der Waals surface area contributed by atoms with Gasteiger partial charge < -0.3 is 10.1 Å². The first-order valence-electron chi connectivity index (χ1n) is 5.95. The lowest BCUT2D eigenvalue weighted by Gasteiger charge is -2.07. The van der Waals surface area contributed by atoms with Gasteiger partial charge in [0.15, 0.2) is 6.61 Å². The number of ether oxygens (including phenoxy) is 1. The van der Waals surface area contributed by atoms with E-state index in [0.717, 1.165) is 0 Å². The van der Waals surface area contributed by atoms with E-state index in [1.54, 1.807) is 18.3 Å². The summed E-state index contributed by atoms with van der Waals surface area (Å²) < 4.78 is 41.5. The van der Waals surface area contributed by atoms with Crippen LogP contribution in [0.4, 0.5) is 13.2 Å². The Bertz CT molecular complexity index is 713. The number of nitrogens with zero attached hydrogens (tertiary/aromatic N) is 4. The van der Waals surface area contributed by atoms with Crippen LogP contribution in [0.1, 0.15) is 16.3 Å². The van der Waals surface area contributed by atoms with Crippen molar-refractivity contribution in [3.8, 4) is 0 Å². The van der Waals surface area contributed by atoms with Gasteiger partial charge in [-0.25, -0.2) is 14.3 Å². The lowest BCUT2D eigenvalue weighted by atomic mass is 10.5. The molecule has 0 bridgehead atoms. The SMILES string of the molecule is Cc1ccnc2nc(C(=O)OCC(=O)NCC(F)(F)F)nn12. The number of carbonyl (C=O) groups excluding carboxylic acids is 2. The van der Waals surface area contributed by atoms with E-state index in [2.05, 4.69) is 19.8 Å². The predicted molar refractivity (Wildman–Crippen MR) is 64.9 cm³/mol. The molecule has 0 aliphatic carbocycles. The molecule has 0 unspecified atom stereocenters. The highest BCUT2D eigenvalue weighted by molar-refractivity contribution is 5.88. The lowest BCUT2D eigenvalue weighted by Crippen LogP contribution is -2.36. The van der Waals surface area contributed by atoms with Gasteiger partial charge in [-0.1, -0.05) is 0 Å². The van der Waals surface area contributed by atoms with Gasteiger partial charge in [0.1, 0.15) is 6.54 Å². The van der Waals surface area contributed by atoms with Gasteiger partial charge in [-0.3, -0.25) is 4.79 Å². The Balaban J connectivity index is 1.94. The van der Waals surface area contributed by atoms with Gasteiger partial charge in [-0.15, -0.1) is 5.10 Å². The van der Waals surface area contributed by atoms with Crippen molar-refractivity contribution >= 4 is 17.7 Å². The van der Waals surface area contributed by atoms with Gasteiger partial charge >= 0.3 is 12.1 Å². The summed E-state index contributed by atoms with van der Waals surface area (Å²) >= 11 is 0. The molecule has 8 nitrogen and oxygen atoms in total. The largest absolute Gasteiger partial charge is 0.450 e. The van der Waals surface area contributed by atoms with E-state index in [0.29, 0.717) is 5.69 Å². The molecule has 0 radical (unpaired) electrons. The molecule has 0 aromatic carbocycles. The molecule has 0 aliphatic heterocycles. The van der Waals surface area contributed by atoms with E-state index in [9.17, 15) is 22.8 Å². The number of esters is 1. The van der Waals surface area contributed by atoms with E-state index in [1.165, 1.54) is 10.7 Å². The molecule has 118 valence electrons. The van der Waals surface area contributed by atoms with Crippen molar-refractivity contribution in [3.63, 3.8) is 0 Å². The molecule has 0 aliphatic rings. The standard InChI is InChI=1S/C11H10F3N5O3/c1-6-2-3-15-10-17-8(18-19(6)10)9(21)22-4-7(20)16-5-11(12,13)14/h2-3H,4-5H2,1H3,(H,16,20). The molecule has 2 heterocycles. The van der Waals surface area contributed by atoms with E-state index in [1.807, 2.05) is 0 Å². The van der Waals surface area contributed by atoms with Crippen molar-refractivity contribution in [3.05, 3.63) is 23.8 Å². The number of aryl methyl sites for hydroxylation is 1. The van der Waals surface area contributed by atoms with Crippen molar-refractivity contribution < 1.29 is 27.5 Å². The van der Waals surface area contributed by atoms with Crippen LogP contribution >= 0.6 is 0 Å². The molecule has 2 rings (SSSR count). The first kappa shape index (κ1) is 15.7. The second-order valence-corrected chi connectivity index (χ2v) is 4.20. The van der Waals surface area contributed by atoms with E-state index < -0.39 is 31.2 Å². The normalized spacial score (nSPS) is 11.5. The van der Waals surface area contributed by atoms with Crippen LogP contribution in [0.5, 0.6) is 0 Å². The van der Waals surface area contributed by atoms with Crippen LogP contribution in [0.3, 0.4) is 0 Å². The molecule has 0 saturated carbocycles. The fraction of sp³-hybridized carbons (Fsp3) is 0.364. The zero-order valence-corrected chi connectivity index (χ0v) is 11.2. The Hall–Kier alpha value is -2.72. The summed E-state index contributed by atoms with van der Waals surface area (Å²) in [5.74, 6) is -2.30. The molecule has 11 heteroatoms. The summed E-state index contributed by atoms with van der Waals surface area (Å²) in [4.78, 5) is 30.4. The Morgan fingerprint density at radius 3 is 2.77 bits per heavy atom. The van der Waals surface area contributed by atoms with Gasteiger partial charge in [0.2, 0.25) is 0 Å². The van der Waals surface area contributed by atoms with Crippen LogP contribution in [0.25, 0.3) is 5.78 Å². The molecule has 22 heavy (non-hydrogen) atoms. The van der Waals surface area contributed by atoms with Gasteiger partial charge in [-0.2, -0.15) is 18.2 Å². The molecule has 1 amide bonds. The third kappa shape index (κ3) is 3.90. The van der Waals surface area contributed by atoms with Gasteiger partial charge in [0, 0.05) is 11.9 Å². The number of rotatable bonds is 4. The van der Waals surface area contributed by atoms with Crippen molar-refractivity contribution in [2.45, 2.75) is 13.1 Å². The van der Waals surface area contributed by atoms with E-state index in [4.69, 9.17) is 0 Å². The molecule has 0 spiro atoms. The summed E-state index contributed by atoms with van der Waals surface area (Å²) in [6.45, 7) is -0.654. The van der Waals surface area contributed by atoms with Gasteiger partial charge in [-0.05, 0) is 13.0 Å². The average molecular weight is 317 g/mol. The summed E-state index contributed by atoms with van der Waals surface area (Å²) in [7, 11) is 0. The quantitative estimate of drug-likeness (QED) is 0.813. The number of aromatic nitrogens is 4. The van der Waals surface area contributed by atoms with Crippen LogP contribution in [0, 0.1) is 6.92 Å². The minimum Gasteiger partial charge on any atom is -0.450 e. The number of alkyl halides is 3. The number of nitrogens with one attached hydrogen (secondary N) is 1. The van der Waals surface area contributed by atoms with Crippen LogP contribution in [-0.2, 0) is 9.53 Å². The average Bonchev–Trinajstić information content (AvgIpc) is 2.87. The summed E-state index contributed by atoms with van der Waals surface area (Å²) in [6, 6.07) is 1.64. The molecule has 2 aromatic heterocycles. The summed E-state index contributed by atoms with van der Waals surface area (Å²) in [5, 5.41) is 5.40. The first-order valence-corrected chi connectivity index (χ1v) is 5.95. The molecular formula is C11H10F3N5O3. The third-order valence-electron chi connectivity index (χ3n) is 2.43. The van der Waals surface area contributed by atoms with Crippen molar-refractivity contribution in [1.29, 1.82) is 0 Å². The maximum absolute atomic E-state index is 11.9. The zero-order valence-electron chi connectivity index (χ0n) is 11.2. The molecule has 0 atom stereocenters. The maximum Gasteiger partial charge on any atom is 0.405 e. The maximum atomic E-state index is 11.9. The zero-order chi connectivity index (χ0) is 16.3. The molecule has 0 saturated heterocycles. The second-order valence-electron chi connectivity index (χ2n) is 4.20. The fourth-order valence-electron chi connectivity index (χ4n) is 1.44. The van der Waals surface area contributed by atoms with Crippen LogP contribution < -0.4 is 5.32 Å². The Morgan fingerprint density at radius 2 is 2.14 bits per heavy atom. The lowest BCUT2D eigenvalue weighted by molar-refractivity contribution is -0.140. The van der Waals surface area contributed by atoms with Crippen LogP contribution in [-0.4, -0.2) is 50.8 Å². The van der Waals surface area contributed by atoms with Crippen molar-refractivity contribution in [2.24, 2.45) is 0 Å². The van der Waals surface area contributed by atoms with Crippen molar-refractivity contribution in [2.75, 3.05) is 13.2 Å². The monoisotopic (exact) mass is 317 g/mol. The summed E-state index contributed by atoms with van der Waals surface area (Å²) in [6.07, 6.45) is -3.06. The highest BCUT2D eigenvalue weighted by Gasteiger charge is 2.28. The summed E-state index contributed by atoms with van der Waals surface area (Å²) in [5.41, 5.74) is 0.666. The molecule has 1 N–H and O–H groups in total. The van der Waals surface area contributed by atoms with E-state index in [-0.39, 0.29) is 11.6 Å². The number of fused-ring (bicyclic) bond motifs is 1. The van der Waals surface area contributed by atoms with Gasteiger partial charge in [0.05, 0.1) is 0 Å². The number of halogens is 3. The Labute approximate surface area is 121 Å². The molecule has 0 fully saturated rings. The second kappa shape index (κ2) is 5.95. The van der Waals surface area contributed by atoms with Crippen molar-refractivity contribution in [1.82, 2.24) is 24.9 Å². The molecule has 2 aromatic rings. The number of carbonyl (C=O) groups is 2. The molecular weight excluding hydrogens is 307 g/mol. The van der Waals surface area contributed by atoms with Gasteiger partial charge in [0.25, 0.3) is 17.5 Å². The highest BCUT2D eigenvalue weighted by atomic mass is 19.4. The highest BCUT2D eigenvalue weighted by Crippen LogP contribution is 2.12. The van der Waals surface area contributed by atoms with E-state index >= 15 is 0 Å². The number of hydrogen-bond donors (Lipinski definition) is 1. The van der Waals surface area contributed by atoms with Crippen LogP contribution in [0.15, 0.2) is 12.3 Å². The topological polar surface area (TPSA) is 98.5 Å². The number of hydrogen-bond acceptors (Lipinski definition) is 6.